The van der Waals surface area contributed by atoms with Gasteiger partial charge in [0, 0.05) is 0 Å². The van der Waals surface area contributed by atoms with Crippen LogP contribution in [0.3, 0.4) is 0 Å². The van der Waals surface area contributed by atoms with E-state index in [1.54, 1.807) is 0 Å². The van der Waals surface area contributed by atoms with Gasteiger partial charge in [-0.05, 0) is 25.2 Å². The summed E-state index contributed by atoms with van der Waals surface area (Å²) in [5.74, 6) is 0. The quantitative estimate of drug-likeness (QED) is 0.222. The maximum absolute atomic E-state index is 3.45. The molecule has 0 aromatic heterocycles. The normalized spacial score (nSPS) is 11.3. The molecule has 2 atom stereocenters. The van der Waals surface area contributed by atoms with Crippen LogP contribution < -0.4 is 0 Å². The fourth-order valence-electron chi connectivity index (χ4n) is 1.59. The van der Waals surface area contributed by atoms with Gasteiger partial charge >= 0.3 is 0 Å². The Balaban J connectivity index is 0. The minimum Gasteiger partial charge on any atom is -0.0654 e. The van der Waals surface area contributed by atoms with Crippen LogP contribution in [0.15, 0.2) is 0 Å². The van der Waals surface area contributed by atoms with Crippen molar-refractivity contribution < 1.29 is 0 Å². The molecule has 0 nitrogen and oxygen atoms in total. The molecule has 0 bridgehead atoms. The molecule has 0 N–H and O–H groups in total. The van der Waals surface area contributed by atoms with Gasteiger partial charge in [-0.1, -0.05) is 111 Å². The molecule has 2 unspecified atom stereocenters. The fraction of sp³-hybridized carbons (Fsp3) is 1.00. The van der Waals surface area contributed by atoms with Crippen molar-refractivity contribution in [2.24, 2.45) is 0 Å². The van der Waals surface area contributed by atoms with Crippen molar-refractivity contribution in [3.05, 3.63) is 0 Å². The number of unbranched alkanes of at least 4 members (excludes halogenated alkanes) is 8. The molecule has 0 rings (SSSR count). The van der Waals surface area contributed by atoms with Gasteiger partial charge in [-0.15, -0.1) is 0 Å². The minimum atomic E-state index is 0.982. The zero-order valence-electron chi connectivity index (χ0n) is 12.2. The van der Waals surface area contributed by atoms with Gasteiger partial charge in [0.2, 0.25) is 0 Å². The topological polar surface area (TPSA) is 0 Å². The molecule has 0 radical (unpaired) electrons. The van der Waals surface area contributed by atoms with E-state index in [1.165, 1.54) is 76.5 Å². The summed E-state index contributed by atoms with van der Waals surface area (Å²) >= 11 is 6.89. The van der Waals surface area contributed by atoms with Gasteiger partial charge in [0.1, 0.15) is 0 Å². The monoisotopic (exact) mass is 420 g/mol. The summed E-state index contributed by atoms with van der Waals surface area (Å²) in [6.07, 6.45) is 16.9. The van der Waals surface area contributed by atoms with Crippen molar-refractivity contribution >= 4 is 45.5 Å². The van der Waals surface area contributed by atoms with Crippen LogP contribution in [0, 0.1) is 0 Å². The molecular formula is C14H32Br2P2. The van der Waals surface area contributed by atoms with Gasteiger partial charge in [0.15, 0.2) is 0 Å². The molecular weight excluding hydrogens is 390 g/mol. The Bertz CT molecular complexity index is 98.4. The average molecular weight is 422 g/mol. The first-order valence-corrected chi connectivity index (χ1v) is 14.4. The third-order valence-electron chi connectivity index (χ3n) is 2.75. The lowest BCUT2D eigenvalue weighted by Gasteiger charge is -1.95. The standard InChI is InChI=1S/2C7H16BrP/c2*1-2-3-4-5-6-7-9-8/h2*9H,2-7H2,1H3. The third-order valence-corrected chi connectivity index (χ3v) is 6.21. The summed E-state index contributed by atoms with van der Waals surface area (Å²) in [6, 6.07) is 0. The van der Waals surface area contributed by atoms with Gasteiger partial charge in [-0.3, -0.25) is 0 Å². The summed E-state index contributed by atoms with van der Waals surface area (Å²) in [5.41, 5.74) is 0. The zero-order chi connectivity index (χ0) is 13.9. The van der Waals surface area contributed by atoms with Crippen LogP contribution in [0.2, 0.25) is 0 Å². The molecule has 18 heavy (non-hydrogen) atoms. The number of rotatable bonds is 12. The molecule has 0 saturated heterocycles. The van der Waals surface area contributed by atoms with E-state index in [0.717, 1.165) is 14.6 Å². The maximum Gasteiger partial charge on any atom is -0.0255 e. The SMILES string of the molecule is CCCCCCCPBr.CCCCCCCPBr. The minimum absolute atomic E-state index is 0.982. The van der Waals surface area contributed by atoms with E-state index in [-0.39, 0.29) is 0 Å². The summed E-state index contributed by atoms with van der Waals surface area (Å²) in [5, 5.41) is 0. The number of halogens is 2. The Morgan fingerprint density at radius 3 is 1.17 bits per heavy atom. The predicted molar refractivity (Wildman–Crippen MR) is 102 cm³/mol. The highest BCUT2D eigenvalue weighted by atomic mass is 79.9. The van der Waals surface area contributed by atoms with Crippen molar-refractivity contribution in [3.8, 4) is 0 Å². The molecule has 0 saturated carbocycles. The van der Waals surface area contributed by atoms with E-state index in [2.05, 4.69) is 44.8 Å². The molecule has 0 aromatic carbocycles. The highest BCUT2D eigenvalue weighted by Crippen LogP contribution is 2.21. The molecule has 0 heterocycles. The first-order chi connectivity index (χ1) is 8.83. The lowest BCUT2D eigenvalue weighted by atomic mass is 10.2. The van der Waals surface area contributed by atoms with Crippen LogP contribution in [0.5, 0.6) is 0 Å². The van der Waals surface area contributed by atoms with E-state index in [4.69, 9.17) is 0 Å². The lowest BCUT2D eigenvalue weighted by molar-refractivity contribution is 0.659. The average Bonchev–Trinajstić information content (AvgIpc) is 2.39. The Hall–Kier alpha value is 1.82. The Labute approximate surface area is 135 Å². The van der Waals surface area contributed by atoms with E-state index in [9.17, 15) is 0 Å². The van der Waals surface area contributed by atoms with E-state index < -0.39 is 0 Å². The van der Waals surface area contributed by atoms with Crippen LogP contribution in [0.1, 0.15) is 78.1 Å². The Morgan fingerprint density at radius 2 is 0.889 bits per heavy atom. The van der Waals surface area contributed by atoms with E-state index in [1.807, 2.05) is 0 Å². The molecule has 0 aromatic rings. The summed E-state index contributed by atoms with van der Waals surface area (Å²) in [7, 11) is 1.96. The highest BCUT2D eigenvalue weighted by Gasteiger charge is 1.87. The van der Waals surface area contributed by atoms with E-state index in [0.29, 0.717) is 0 Å². The second kappa shape index (κ2) is 23.9. The third kappa shape index (κ3) is 26.4. The zero-order valence-corrected chi connectivity index (χ0v) is 17.4. The fourth-order valence-corrected chi connectivity index (χ4v) is 4.04. The van der Waals surface area contributed by atoms with Crippen molar-refractivity contribution in [3.63, 3.8) is 0 Å². The van der Waals surface area contributed by atoms with Gasteiger partial charge in [0.05, 0.1) is 0 Å². The summed E-state index contributed by atoms with van der Waals surface area (Å²) in [4.78, 5) is 0. The van der Waals surface area contributed by atoms with Crippen LogP contribution in [-0.2, 0) is 0 Å². The maximum atomic E-state index is 3.45. The molecule has 4 heteroatoms. The highest BCUT2D eigenvalue weighted by molar-refractivity contribution is 9.37. The lowest BCUT2D eigenvalue weighted by Crippen LogP contribution is -1.77. The molecule has 0 aliphatic carbocycles. The van der Waals surface area contributed by atoms with Crippen LogP contribution in [-0.4, -0.2) is 12.3 Å². The predicted octanol–water partition coefficient (Wildman–Crippen LogP) is 7.89. The van der Waals surface area contributed by atoms with Gasteiger partial charge in [0.25, 0.3) is 0 Å². The molecule has 112 valence electrons. The second-order valence-corrected chi connectivity index (χ2v) is 9.49. The van der Waals surface area contributed by atoms with Gasteiger partial charge < -0.3 is 0 Å². The van der Waals surface area contributed by atoms with Crippen LogP contribution in [0.4, 0.5) is 0 Å². The van der Waals surface area contributed by atoms with Crippen molar-refractivity contribution in [1.29, 1.82) is 0 Å². The largest absolute Gasteiger partial charge is 0.0654 e. The van der Waals surface area contributed by atoms with Gasteiger partial charge in [-0.2, -0.15) is 0 Å². The van der Waals surface area contributed by atoms with Crippen molar-refractivity contribution in [1.82, 2.24) is 0 Å². The summed E-state index contributed by atoms with van der Waals surface area (Å²) < 4.78 is 0. The van der Waals surface area contributed by atoms with Gasteiger partial charge in [-0.25, -0.2) is 0 Å². The second-order valence-electron chi connectivity index (χ2n) is 4.60. The number of hydrogen-bond donors (Lipinski definition) is 0. The number of hydrogen-bond acceptors (Lipinski definition) is 0. The molecule has 0 amide bonds. The van der Waals surface area contributed by atoms with E-state index >= 15 is 0 Å². The van der Waals surface area contributed by atoms with Crippen LogP contribution in [0.25, 0.3) is 0 Å². The first kappa shape index (κ1) is 22.1. The molecule has 0 spiro atoms. The van der Waals surface area contributed by atoms with Crippen molar-refractivity contribution in [2.45, 2.75) is 78.1 Å². The Kier molecular flexibility index (Phi) is 29.3. The first-order valence-electron chi connectivity index (χ1n) is 7.50. The molecule has 0 aliphatic heterocycles. The Morgan fingerprint density at radius 1 is 0.556 bits per heavy atom. The van der Waals surface area contributed by atoms with Crippen molar-refractivity contribution in [2.75, 3.05) is 12.3 Å². The summed E-state index contributed by atoms with van der Waals surface area (Å²) in [6.45, 7) is 4.51. The van der Waals surface area contributed by atoms with Crippen LogP contribution >= 0.6 is 45.5 Å². The smallest absolute Gasteiger partial charge is 0.0255 e. The molecule has 0 fully saturated rings. The molecule has 0 aliphatic rings.